The second kappa shape index (κ2) is 9.88. The van der Waals surface area contributed by atoms with Crippen LogP contribution >= 0.6 is 0 Å². The molecule has 0 aromatic heterocycles. The van der Waals surface area contributed by atoms with Gasteiger partial charge < -0.3 is 19.7 Å². The molecule has 0 saturated heterocycles. The molecule has 2 N–H and O–H groups in total. The van der Waals surface area contributed by atoms with Gasteiger partial charge in [-0.2, -0.15) is 35.1 Å². The number of rotatable bonds is 13. The van der Waals surface area contributed by atoms with E-state index in [1.54, 1.807) is 0 Å². The summed E-state index contributed by atoms with van der Waals surface area (Å²) in [6, 6.07) is 0. The van der Waals surface area contributed by atoms with Gasteiger partial charge in [-0.3, -0.25) is 19.2 Å². The van der Waals surface area contributed by atoms with E-state index < -0.39 is 86.5 Å². The number of ether oxygens (including phenoxy) is 2. The minimum absolute atomic E-state index is 0.970. The van der Waals surface area contributed by atoms with Gasteiger partial charge in [0.25, 0.3) is 0 Å². The third kappa shape index (κ3) is 6.98. The van der Waals surface area contributed by atoms with Crippen LogP contribution in [0.3, 0.4) is 0 Å². The van der Waals surface area contributed by atoms with Crippen LogP contribution in [0.15, 0.2) is 0 Å². The zero-order valence-corrected chi connectivity index (χ0v) is 14.6. The van der Waals surface area contributed by atoms with Gasteiger partial charge in [-0.1, -0.05) is 0 Å². The van der Waals surface area contributed by atoms with Gasteiger partial charge in [0.05, 0.1) is 25.7 Å². The van der Waals surface area contributed by atoms with Gasteiger partial charge in [0.15, 0.2) is 13.2 Å². The van der Waals surface area contributed by atoms with Crippen molar-refractivity contribution in [3.8, 4) is 0 Å². The molecule has 0 rings (SSSR count). The molecule has 0 aliphatic carbocycles. The Kier molecular flexibility index (Phi) is 9.00. The number of carbonyl (C=O) groups excluding carboxylic acids is 2. The molecule has 0 heterocycles. The molecular weight excluding hydrogens is 448 g/mol. The van der Waals surface area contributed by atoms with Crippen LogP contribution in [-0.4, -0.2) is 71.0 Å². The van der Waals surface area contributed by atoms with Crippen LogP contribution in [0.25, 0.3) is 0 Å². The Bertz CT molecular complexity index is 608. The molecule has 16 heteroatoms. The van der Waals surface area contributed by atoms with Gasteiger partial charge in [0, 0.05) is 0 Å². The standard InChI is InChI=1S/C14H14F8O8/c15-11(16,5-29-9(27)3-1-7(23)24)13(19,20)14(21,22)12(17,18)6-30-10(28)4-2-8(25)26/h1-6H2,(H,23,24)(H,25,26). The lowest BCUT2D eigenvalue weighted by Gasteiger charge is -2.36. The minimum Gasteiger partial charge on any atom is -0.481 e. The largest absolute Gasteiger partial charge is 0.481 e. The predicted molar refractivity (Wildman–Crippen MR) is 75.4 cm³/mol. The molecule has 0 aromatic carbocycles. The fraction of sp³-hybridized carbons (Fsp3) is 0.714. The topological polar surface area (TPSA) is 127 Å². The predicted octanol–water partition coefficient (Wildman–Crippen LogP) is 2.34. The number of alkyl halides is 8. The van der Waals surface area contributed by atoms with Crippen molar-refractivity contribution < 1.29 is 74.0 Å². The summed E-state index contributed by atoms with van der Waals surface area (Å²) in [7, 11) is 0. The Morgan fingerprint density at radius 3 is 1.07 bits per heavy atom. The van der Waals surface area contributed by atoms with Crippen molar-refractivity contribution in [2.45, 2.75) is 49.4 Å². The number of carbonyl (C=O) groups is 4. The number of esters is 2. The number of carboxylic acids is 2. The molecule has 0 unspecified atom stereocenters. The van der Waals surface area contributed by atoms with Crippen molar-refractivity contribution in [2.24, 2.45) is 0 Å². The van der Waals surface area contributed by atoms with Gasteiger partial charge in [0.1, 0.15) is 0 Å². The van der Waals surface area contributed by atoms with E-state index >= 15 is 0 Å². The molecule has 8 nitrogen and oxygen atoms in total. The summed E-state index contributed by atoms with van der Waals surface area (Å²) in [4.78, 5) is 42.2. The fourth-order valence-electron chi connectivity index (χ4n) is 1.55. The summed E-state index contributed by atoms with van der Waals surface area (Å²) >= 11 is 0. The zero-order chi connectivity index (χ0) is 24.0. The number of carboxylic acid groups (broad SMARTS) is 2. The van der Waals surface area contributed by atoms with Gasteiger partial charge in [0.2, 0.25) is 0 Å². The Labute approximate surface area is 161 Å². The molecule has 174 valence electrons. The zero-order valence-electron chi connectivity index (χ0n) is 14.6. The number of hydrogen-bond acceptors (Lipinski definition) is 6. The Morgan fingerprint density at radius 1 is 0.567 bits per heavy atom. The van der Waals surface area contributed by atoms with E-state index in [1.807, 2.05) is 0 Å². The van der Waals surface area contributed by atoms with Crippen LogP contribution in [0, 0.1) is 0 Å². The van der Waals surface area contributed by atoms with Gasteiger partial charge in [-0.15, -0.1) is 0 Å². The highest BCUT2D eigenvalue weighted by molar-refractivity contribution is 5.77. The summed E-state index contributed by atoms with van der Waals surface area (Å²) in [5.41, 5.74) is 0. The molecule has 0 aromatic rings. The first-order valence-electron chi connectivity index (χ1n) is 7.63. The summed E-state index contributed by atoms with van der Waals surface area (Å²) in [6.45, 7) is -5.55. The monoisotopic (exact) mass is 462 g/mol. The summed E-state index contributed by atoms with van der Waals surface area (Å²) in [6.07, 6.45) is -4.11. The molecule has 0 aliphatic heterocycles. The molecule has 0 saturated carbocycles. The van der Waals surface area contributed by atoms with Crippen LogP contribution in [0.2, 0.25) is 0 Å². The average molecular weight is 462 g/mol. The lowest BCUT2D eigenvalue weighted by Crippen LogP contribution is -2.64. The van der Waals surface area contributed by atoms with Crippen LogP contribution < -0.4 is 0 Å². The molecule has 0 spiro atoms. The van der Waals surface area contributed by atoms with Crippen molar-refractivity contribution >= 4 is 23.9 Å². The quantitative estimate of drug-likeness (QED) is 0.316. The number of aliphatic carboxylic acids is 2. The number of halogens is 8. The van der Waals surface area contributed by atoms with Gasteiger partial charge >= 0.3 is 47.6 Å². The van der Waals surface area contributed by atoms with Crippen LogP contribution in [0.1, 0.15) is 25.7 Å². The van der Waals surface area contributed by atoms with Crippen LogP contribution in [0.4, 0.5) is 35.1 Å². The van der Waals surface area contributed by atoms with Crippen LogP contribution in [0.5, 0.6) is 0 Å². The molecule has 0 fully saturated rings. The first-order chi connectivity index (χ1) is 13.4. The molecule has 0 aliphatic rings. The van der Waals surface area contributed by atoms with Crippen molar-refractivity contribution in [3.05, 3.63) is 0 Å². The highest BCUT2D eigenvalue weighted by Crippen LogP contribution is 2.52. The first kappa shape index (κ1) is 27.3. The summed E-state index contributed by atoms with van der Waals surface area (Å²) < 4.78 is 115. The highest BCUT2D eigenvalue weighted by atomic mass is 19.4. The lowest BCUT2D eigenvalue weighted by molar-refractivity contribution is -0.374. The molecular formula is C14H14F8O8. The first-order valence-corrected chi connectivity index (χ1v) is 7.63. The maximum absolute atomic E-state index is 13.5. The normalized spacial score (nSPS) is 12.9. The third-order valence-electron chi connectivity index (χ3n) is 3.23. The van der Waals surface area contributed by atoms with Crippen LogP contribution in [-0.2, 0) is 28.7 Å². The van der Waals surface area contributed by atoms with E-state index in [0.29, 0.717) is 0 Å². The molecule has 0 bridgehead atoms. The maximum Gasteiger partial charge on any atom is 0.381 e. The summed E-state index contributed by atoms with van der Waals surface area (Å²) in [5.74, 6) is -32.5. The summed E-state index contributed by atoms with van der Waals surface area (Å²) in [5, 5.41) is 16.5. The van der Waals surface area contributed by atoms with E-state index in [1.165, 1.54) is 0 Å². The van der Waals surface area contributed by atoms with Crippen molar-refractivity contribution in [1.29, 1.82) is 0 Å². The molecule has 0 radical (unpaired) electrons. The van der Waals surface area contributed by atoms with E-state index in [4.69, 9.17) is 10.2 Å². The molecule has 30 heavy (non-hydrogen) atoms. The second-order valence-corrected chi connectivity index (χ2v) is 5.67. The average Bonchev–Trinajstić information content (AvgIpc) is 2.60. The van der Waals surface area contributed by atoms with Gasteiger partial charge in [-0.25, -0.2) is 0 Å². The van der Waals surface area contributed by atoms with Gasteiger partial charge in [-0.05, 0) is 0 Å². The van der Waals surface area contributed by atoms with E-state index in [0.717, 1.165) is 0 Å². The number of hydrogen-bond donors (Lipinski definition) is 2. The van der Waals surface area contributed by atoms with Crippen molar-refractivity contribution in [3.63, 3.8) is 0 Å². The Balaban J connectivity index is 5.20. The molecule has 0 amide bonds. The maximum atomic E-state index is 13.5. The lowest BCUT2D eigenvalue weighted by atomic mass is 9.99. The van der Waals surface area contributed by atoms with Crippen molar-refractivity contribution in [1.82, 2.24) is 0 Å². The third-order valence-corrected chi connectivity index (χ3v) is 3.23. The Hall–Kier alpha value is -2.68. The van der Waals surface area contributed by atoms with E-state index in [2.05, 4.69) is 9.47 Å². The Morgan fingerprint density at radius 2 is 0.833 bits per heavy atom. The highest BCUT2D eigenvalue weighted by Gasteiger charge is 2.81. The van der Waals surface area contributed by atoms with E-state index in [9.17, 15) is 54.3 Å². The fourth-order valence-corrected chi connectivity index (χ4v) is 1.55. The molecule has 0 atom stereocenters. The smallest absolute Gasteiger partial charge is 0.381 e. The second-order valence-electron chi connectivity index (χ2n) is 5.67. The SMILES string of the molecule is O=C(O)CCC(=O)OCC(F)(F)C(F)(F)C(F)(F)C(F)(F)COC(=O)CCC(=O)O. The minimum atomic E-state index is -6.82. The van der Waals surface area contributed by atoms with Crippen molar-refractivity contribution in [2.75, 3.05) is 13.2 Å². The van der Waals surface area contributed by atoms with E-state index in [-0.39, 0.29) is 0 Å².